The molecule has 2 fully saturated rings. The van der Waals surface area contributed by atoms with Gasteiger partial charge in [0.2, 0.25) is 0 Å². The van der Waals surface area contributed by atoms with Crippen LogP contribution in [0.25, 0.3) is 28.0 Å². The van der Waals surface area contributed by atoms with Gasteiger partial charge in [-0.05, 0) is 49.1 Å². The van der Waals surface area contributed by atoms with E-state index in [2.05, 4.69) is 15.2 Å². The number of hydrogen-bond acceptors (Lipinski definition) is 7. The topological polar surface area (TPSA) is 110 Å². The average molecular weight is 487 g/mol. The summed E-state index contributed by atoms with van der Waals surface area (Å²) >= 11 is 0. The third-order valence-corrected chi connectivity index (χ3v) is 6.82. The van der Waals surface area contributed by atoms with E-state index in [4.69, 9.17) is 9.15 Å². The van der Waals surface area contributed by atoms with Crippen LogP contribution in [0.3, 0.4) is 0 Å². The molecule has 0 unspecified atom stereocenters. The maximum absolute atomic E-state index is 12.6. The van der Waals surface area contributed by atoms with Crippen molar-refractivity contribution in [2.75, 3.05) is 36.5 Å². The van der Waals surface area contributed by atoms with Gasteiger partial charge >= 0.3 is 5.97 Å². The molecule has 2 saturated heterocycles. The Bertz CT molecular complexity index is 1480. The Morgan fingerprint density at radius 2 is 1.83 bits per heavy atom. The van der Waals surface area contributed by atoms with Gasteiger partial charge < -0.3 is 29.0 Å². The zero-order chi connectivity index (χ0) is 24.6. The van der Waals surface area contributed by atoms with Crippen molar-refractivity contribution in [3.05, 3.63) is 70.5 Å². The number of rotatable bonds is 6. The highest BCUT2D eigenvalue weighted by atomic mass is 16.5. The fourth-order valence-corrected chi connectivity index (χ4v) is 4.90. The van der Waals surface area contributed by atoms with E-state index in [1.165, 1.54) is 25.1 Å². The molecule has 2 aromatic carbocycles. The van der Waals surface area contributed by atoms with Gasteiger partial charge in [-0.3, -0.25) is 4.79 Å². The molecular formula is C27H26N4O5. The summed E-state index contributed by atoms with van der Waals surface area (Å²) < 4.78 is 13.1. The van der Waals surface area contributed by atoms with Crippen LogP contribution in [-0.2, 0) is 4.74 Å². The summed E-state index contributed by atoms with van der Waals surface area (Å²) in [6.07, 6.45) is 4.64. The van der Waals surface area contributed by atoms with Gasteiger partial charge in [0.25, 0.3) is 6.01 Å². The molecule has 2 aliphatic rings. The molecule has 36 heavy (non-hydrogen) atoms. The Balaban J connectivity index is 1.40. The SMILES string of the molecule is O=C(O)c1cn(-c2ccc3nc(N[C@H]4CCOC4)oc3c2)c(-c2ccc(N3CCCC3)cc2)cc1=O. The Morgan fingerprint density at radius 3 is 2.56 bits per heavy atom. The quantitative estimate of drug-likeness (QED) is 0.418. The minimum Gasteiger partial charge on any atom is -0.477 e. The number of aromatic carboxylic acids is 1. The lowest BCUT2D eigenvalue weighted by molar-refractivity contribution is 0.0695. The molecular weight excluding hydrogens is 460 g/mol. The molecule has 0 saturated carbocycles. The monoisotopic (exact) mass is 486 g/mol. The zero-order valence-corrected chi connectivity index (χ0v) is 19.6. The maximum Gasteiger partial charge on any atom is 0.341 e. The van der Waals surface area contributed by atoms with Crippen molar-refractivity contribution in [1.29, 1.82) is 0 Å². The van der Waals surface area contributed by atoms with Gasteiger partial charge in [-0.2, -0.15) is 4.98 Å². The molecule has 2 aromatic heterocycles. The fraction of sp³-hybridized carbons (Fsp3) is 0.296. The Labute approximate surface area is 206 Å². The molecule has 9 heteroatoms. The third-order valence-electron chi connectivity index (χ3n) is 6.82. The number of fused-ring (bicyclic) bond motifs is 1. The number of hydrogen-bond donors (Lipinski definition) is 2. The predicted molar refractivity (Wildman–Crippen MR) is 136 cm³/mol. The second-order valence-corrected chi connectivity index (χ2v) is 9.23. The van der Waals surface area contributed by atoms with E-state index >= 15 is 0 Å². The van der Waals surface area contributed by atoms with Crippen LogP contribution in [0.15, 0.2) is 63.9 Å². The smallest absolute Gasteiger partial charge is 0.341 e. The number of anilines is 2. The van der Waals surface area contributed by atoms with Crippen molar-refractivity contribution in [1.82, 2.24) is 9.55 Å². The minimum absolute atomic E-state index is 0.157. The number of ether oxygens (including phenoxy) is 1. The van der Waals surface area contributed by atoms with Crippen LogP contribution in [0.4, 0.5) is 11.7 Å². The summed E-state index contributed by atoms with van der Waals surface area (Å²) in [6.45, 7) is 3.40. The van der Waals surface area contributed by atoms with Gasteiger partial charge in [-0.25, -0.2) is 4.79 Å². The first-order chi connectivity index (χ1) is 17.5. The normalized spacial score (nSPS) is 17.7. The van der Waals surface area contributed by atoms with Crippen molar-refractivity contribution in [2.45, 2.75) is 25.3 Å². The second-order valence-electron chi connectivity index (χ2n) is 9.23. The van der Waals surface area contributed by atoms with Crippen molar-refractivity contribution in [2.24, 2.45) is 0 Å². The van der Waals surface area contributed by atoms with E-state index in [0.717, 1.165) is 30.8 Å². The number of oxazole rings is 1. The lowest BCUT2D eigenvalue weighted by Gasteiger charge is -2.19. The molecule has 0 amide bonds. The highest BCUT2D eigenvalue weighted by Crippen LogP contribution is 2.29. The number of carbonyl (C=O) groups is 1. The summed E-state index contributed by atoms with van der Waals surface area (Å²) in [5, 5.41) is 12.9. The first-order valence-electron chi connectivity index (χ1n) is 12.2. The van der Waals surface area contributed by atoms with Crippen molar-refractivity contribution >= 4 is 28.8 Å². The van der Waals surface area contributed by atoms with Crippen LogP contribution in [0.1, 0.15) is 29.6 Å². The number of nitrogens with one attached hydrogen (secondary N) is 1. The van der Waals surface area contributed by atoms with Crippen molar-refractivity contribution in [3.8, 4) is 16.9 Å². The van der Waals surface area contributed by atoms with Crippen LogP contribution in [0.5, 0.6) is 0 Å². The molecule has 2 aliphatic heterocycles. The van der Waals surface area contributed by atoms with E-state index in [1.54, 1.807) is 10.6 Å². The molecule has 0 aliphatic carbocycles. The lowest BCUT2D eigenvalue weighted by atomic mass is 10.1. The average Bonchev–Trinajstić information content (AvgIpc) is 3.66. The first-order valence-corrected chi connectivity index (χ1v) is 12.2. The number of pyridine rings is 1. The van der Waals surface area contributed by atoms with Crippen LogP contribution >= 0.6 is 0 Å². The molecule has 184 valence electrons. The molecule has 4 aromatic rings. The number of benzene rings is 2. The molecule has 0 radical (unpaired) electrons. The number of aromatic nitrogens is 2. The van der Waals surface area contributed by atoms with Crippen molar-refractivity contribution < 1.29 is 19.1 Å². The Morgan fingerprint density at radius 1 is 1.06 bits per heavy atom. The van der Waals surface area contributed by atoms with E-state index in [0.29, 0.717) is 41.7 Å². The summed E-state index contributed by atoms with van der Waals surface area (Å²) in [5.74, 6) is -1.27. The van der Waals surface area contributed by atoms with Gasteiger partial charge in [-0.1, -0.05) is 12.1 Å². The summed E-state index contributed by atoms with van der Waals surface area (Å²) in [5.41, 5.74) is 3.61. The Kier molecular flexibility index (Phi) is 5.69. The highest BCUT2D eigenvalue weighted by Gasteiger charge is 2.19. The van der Waals surface area contributed by atoms with E-state index in [1.807, 2.05) is 36.4 Å². The van der Waals surface area contributed by atoms with Gasteiger partial charge in [0, 0.05) is 49.4 Å². The van der Waals surface area contributed by atoms with Gasteiger partial charge in [0.05, 0.1) is 18.3 Å². The molecule has 4 heterocycles. The molecule has 2 N–H and O–H groups in total. The molecule has 0 spiro atoms. The Hall–Kier alpha value is -4.11. The largest absolute Gasteiger partial charge is 0.477 e. The molecule has 9 nitrogen and oxygen atoms in total. The minimum atomic E-state index is -1.27. The maximum atomic E-state index is 12.6. The molecule has 0 bridgehead atoms. The van der Waals surface area contributed by atoms with E-state index in [9.17, 15) is 14.7 Å². The van der Waals surface area contributed by atoms with E-state index < -0.39 is 11.4 Å². The number of carboxylic acids is 1. The van der Waals surface area contributed by atoms with Gasteiger partial charge in [-0.15, -0.1) is 0 Å². The highest BCUT2D eigenvalue weighted by molar-refractivity contribution is 5.88. The zero-order valence-electron chi connectivity index (χ0n) is 19.6. The summed E-state index contributed by atoms with van der Waals surface area (Å²) in [6, 6.07) is 15.5. The summed E-state index contributed by atoms with van der Waals surface area (Å²) in [4.78, 5) is 31.3. The second kappa shape index (κ2) is 9.16. The summed E-state index contributed by atoms with van der Waals surface area (Å²) in [7, 11) is 0. The predicted octanol–water partition coefficient (Wildman–Crippen LogP) is 4.14. The van der Waals surface area contributed by atoms with Crippen LogP contribution in [0, 0.1) is 0 Å². The van der Waals surface area contributed by atoms with Gasteiger partial charge in [0.1, 0.15) is 11.1 Å². The van der Waals surface area contributed by atoms with Crippen molar-refractivity contribution in [3.63, 3.8) is 0 Å². The third kappa shape index (κ3) is 4.22. The molecule has 1 atom stereocenters. The number of nitrogens with zero attached hydrogens (tertiary/aromatic N) is 3. The van der Waals surface area contributed by atoms with Gasteiger partial charge in [0.15, 0.2) is 11.0 Å². The van der Waals surface area contributed by atoms with Crippen LogP contribution in [-0.4, -0.2) is 53.0 Å². The van der Waals surface area contributed by atoms with Crippen LogP contribution < -0.4 is 15.6 Å². The first kappa shape index (κ1) is 22.4. The number of carboxylic acid groups (broad SMARTS) is 1. The lowest BCUT2D eigenvalue weighted by Crippen LogP contribution is -2.18. The standard InChI is InChI=1S/C27H26N4O5/c32-24-14-23(17-3-5-19(6-4-17)30-10-1-2-11-30)31(15-21(24)26(33)34)20-7-8-22-25(13-20)36-27(29-22)28-18-9-12-35-16-18/h3-8,13-15,18H,1-2,9-12,16H2,(H,28,29)(H,33,34)/t18-/m0/s1. The molecule has 6 rings (SSSR count). The van der Waals surface area contributed by atoms with Crippen LogP contribution in [0.2, 0.25) is 0 Å². The fourth-order valence-electron chi connectivity index (χ4n) is 4.90. The van der Waals surface area contributed by atoms with E-state index in [-0.39, 0.29) is 11.6 Å².